The summed E-state index contributed by atoms with van der Waals surface area (Å²) in [6, 6.07) is 4.14. The van der Waals surface area contributed by atoms with E-state index in [0.717, 1.165) is 60.9 Å². The van der Waals surface area contributed by atoms with Gasteiger partial charge in [-0.15, -0.1) is 11.3 Å². The van der Waals surface area contributed by atoms with Gasteiger partial charge in [0.15, 0.2) is 0 Å². The van der Waals surface area contributed by atoms with Gasteiger partial charge in [-0.2, -0.15) is 0 Å². The average Bonchev–Trinajstić information content (AvgIpc) is 2.93. The maximum atomic E-state index is 6.16. The molecule has 3 rings (SSSR count). The van der Waals surface area contributed by atoms with E-state index in [4.69, 9.17) is 5.73 Å². The molecule has 5 nitrogen and oxygen atoms in total. The highest BCUT2D eigenvalue weighted by Crippen LogP contribution is 2.29. The van der Waals surface area contributed by atoms with E-state index in [0.29, 0.717) is 0 Å². The Labute approximate surface area is 123 Å². The maximum Gasteiger partial charge on any atom is 0.106 e. The number of fused-ring (bicyclic) bond motifs is 1. The van der Waals surface area contributed by atoms with Crippen LogP contribution < -0.4 is 11.1 Å². The van der Waals surface area contributed by atoms with Gasteiger partial charge in [0.05, 0.1) is 21.6 Å². The fourth-order valence-electron chi connectivity index (χ4n) is 2.53. The molecule has 1 aliphatic heterocycles. The molecule has 20 heavy (non-hydrogen) atoms. The zero-order valence-electron chi connectivity index (χ0n) is 11.8. The molecule has 0 amide bonds. The van der Waals surface area contributed by atoms with Crippen LogP contribution in [-0.4, -0.2) is 61.1 Å². The van der Waals surface area contributed by atoms with Gasteiger partial charge in [0.1, 0.15) is 5.52 Å². The fraction of sp³-hybridized carbons (Fsp3) is 0.500. The van der Waals surface area contributed by atoms with E-state index in [1.54, 1.807) is 11.3 Å². The van der Waals surface area contributed by atoms with E-state index >= 15 is 0 Å². The van der Waals surface area contributed by atoms with Gasteiger partial charge in [-0.3, -0.25) is 4.90 Å². The number of benzene rings is 1. The van der Waals surface area contributed by atoms with Crippen molar-refractivity contribution in [2.24, 2.45) is 0 Å². The summed E-state index contributed by atoms with van der Waals surface area (Å²) >= 11 is 1.63. The highest BCUT2D eigenvalue weighted by Gasteiger charge is 2.13. The van der Waals surface area contributed by atoms with Gasteiger partial charge < -0.3 is 16.0 Å². The topological polar surface area (TPSA) is 57.4 Å². The average molecular weight is 291 g/mol. The number of hydrogen-bond donors (Lipinski definition) is 2. The Morgan fingerprint density at radius 3 is 2.90 bits per heavy atom. The summed E-state index contributed by atoms with van der Waals surface area (Å²) in [5, 5.41) is 3.44. The van der Waals surface area contributed by atoms with E-state index in [1.165, 1.54) is 0 Å². The summed E-state index contributed by atoms with van der Waals surface area (Å²) in [6.45, 7) is 6.60. The molecule has 0 atom stereocenters. The highest BCUT2D eigenvalue weighted by molar-refractivity contribution is 7.16. The summed E-state index contributed by atoms with van der Waals surface area (Å²) in [5.74, 6) is 0. The Kier molecular flexibility index (Phi) is 4.05. The van der Waals surface area contributed by atoms with Gasteiger partial charge >= 0.3 is 0 Å². The van der Waals surface area contributed by atoms with Crippen LogP contribution >= 0.6 is 11.3 Å². The lowest BCUT2D eigenvalue weighted by atomic mass is 10.2. The Hall–Kier alpha value is -1.37. The standard InChI is InChI=1S/C14H21N5S/c1-18-6-8-19(9-7-18)5-4-16-11-2-3-12-14(13(11)15)17-10-20-12/h2-3,10,16H,4-9,15H2,1H3. The molecular formula is C14H21N5S. The molecule has 0 bridgehead atoms. The van der Waals surface area contributed by atoms with Crippen LogP contribution in [-0.2, 0) is 0 Å². The Bertz CT molecular complexity index is 574. The van der Waals surface area contributed by atoms with Gasteiger partial charge in [0.2, 0.25) is 0 Å². The van der Waals surface area contributed by atoms with Crippen molar-refractivity contribution < 1.29 is 0 Å². The second kappa shape index (κ2) is 5.95. The van der Waals surface area contributed by atoms with E-state index in [-0.39, 0.29) is 0 Å². The number of rotatable bonds is 4. The molecule has 1 fully saturated rings. The number of likely N-dealkylation sites (N-methyl/N-ethyl adjacent to an activating group) is 1. The number of nitrogens with two attached hydrogens (primary N) is 1. The van der Waals surface area contributed by atoms with Gasteiger partial charge in [0.25, 0.3) is 0 Å². The second-order valence-corrected chi connectivity index (χ2v) is 6.18. The van der Waals surface area contributed by atoms with Crippen molar-refractivity contribution in [3.05, 3.63) is 17.6 Å². The first kappa shape index (κ1) is 13.6. The summed E-state index contributed by atoms with van der Waals surface area (Å²) in [5.41, 5.74) is 10.7. The number of nitrogens with zero attached hydrogens (tertiary/aromatic N) is 3. The minimum atomic E-state index is 0.766. The van der Waals surface area contributed by atoms with Crippen LogP contribution in [0.15, 0.2) is 17.6 Å². The molecule has 6 heteroatoms. The van der Waals surface area contributed by atoms with Crippen molar-refractivity contribution in [1.82, 2.24) is 14.8 Å². The van der Waals surface area contributed by atoms with Crippen LogP contribution in [0.5, 0.6) is 0 Å². The molecule has 1 aliphatic rings. The smallest absolute Gasteiger partial charge is 0.106 e. The molecular weight excluding hydrogens is 270 g/mol. The largest absolute Gasteiger partial charge is 0.395 e. The summed E-state index contributed by atoms with van der Waals surface area (Å²) in [4.78, 5) is 9.19. The van der Waals surface area contributed by atoms with Crippen LogP contribution in [0.4, 0.5) is 11.4 Å². The molecule has 0 aliphatic carbocycles. The Morgan fingerprint density at radius 1 is 1.30 bits per heavy atom. The number of anilines is 2. The van der Waals surface area contributed by atoms with Crippen molar-refractivity contribution in [3.8, 4) is 0 Å². The molecule has 2 heterocycles. The summed E-state index contributed by atoms with van der Waals surface area (Å²) < 4.78 is 1.15. The molecule has 0 unspecified atom stereocenters. The summed E-state index contributed by atoms with van der Waals surface area (Å²) in [7, 11) is 2.18. The zero-order valence-corrected chi connectivity index (χ0v) is 12.6. The van der Waals surface area contributed by atoms with Gasteiger partial charge in [-0.1, -0.05) is 0 Å². The van der Waals surface area contributed by atoms with Crippen molar-refractivity contribution in [3.63, 3.8) is 0 Å². The SMILES string of the molecule is CN1CCN(CCNc2ccc3scnc3c2N)CC1. The van der Waals surface area contributed by atoms with Gasteiger partial charge in [-0.05, 0) is 19.2 Å². The quantitative estimate of drug-likeness (QED) is 0.837. The summed E-state index contributed by atoms with van der Waals surface area (Å²) in [6.07, 6.45) is 0. The number of hydrogen-bond acceptors (Lipinski definition) is 6. The first-order valence-electron chi connectivity index (χ1n) is 7.00. The molecule has 0 spiro atoms. The number of nitrogens with one attached hydrogen (secondary N) is 1. The van der Waals surface area contributed by atoms with Crippen LogP contribution in [0.1, 0.15) is 0 Å². The zero-order chi connectivity index (χ0) is 13.9. The van der Waals surface area contributed by atoms with Crippen molar-refractivity contribution in [1.29, 1.82) is 0 Å². The normalized spacial score (nSPS) is 17.6. The number of aromatic nitrogens is 1. The Balaban J connectivity index is 1.56. The van der Waals surface area contributed by atoms with E-state index < -0.39 is 0 Å². The van der Waals surface area contributed by atoms with E-state index in [9.17, 15) is 0 Å². The monoisotopic (exact) mass is 291 g/mol. The first-order valence-corrected chi connectivity index (χ1v) is 7.88. The fourth-order valence-corrected chi connectivity index (χ4v) is 3.22. The lowest BCUT2D eigenvalue weighted by Crippen LogP contribution is -2.45. The van der Waals surface area contributed by atoms with Crippen molar-refractivity contribution in [2.75, 3.05) is 57.4 Å². The van der Waals surface area contributed by atoms with E-state index in [2.05, 4.69) is 39.3 Å². The van der Waals surface area contributed by atoms with E-state index in [1.807, 2.05) is 5.51 Å². The lowest BCUT2D eigenvalue weighted by Gasteiger charge is -2.32. The highest BCUT2D eigenvalue weighted by atomic mass is 32.1. The predicted octanol–water partition coefficient (Wildman–Crippen LogP) is 1.54. The molecule has 0 saturated carbocycles. The third-order valence-corrected chi connectivity index (χ3v) is 4.68. The van der Waals surface area contributed by atoms with Crippen LogP contribution in [0.25, 0.3) is 10.2 Å². The lowest BCUT2D eigenvalue weighted by molar-refractivity contribution is 0.158. The minimum absolute atomic E-state index is 0.766. The molecule has 108 valence electrons. The second-order valence-electron chi connectivity index (χ2n) is 5.30. The molecule has 2 aromatic rings. The maximum absolute atomic E-state index is 6.16. The molecule has 3 N–H and O–H groups in total. The van der Waals surface area contributed by atoms with Crippen LogP contribution in [0.3, 0.4) is 0 Å². The first-order chi connectivity index (χ1) is 9.74. The van der Waals surface area contributed by atoms with Crippen LogP contribution in [0, 0.1) is 0 Å². The molecule has 0 radical (unpaired) electrons. The number of piperazine rings is 1. The van der Waals surface area contributed by atoms with Gasteiger partial charge in [0, 0.05) is 39.3 Å². The molecule has 1 aromatic carbocycles. The molecule has 1 saturated heterocycles. The van der Waals surface area contributed by atoms with Crippen molar-refractivity contribution in [2.45, 2.75) is 0 Å². The minimum Gasteiger partial charge on any atom is -0.395 e. The predicted molar refractivity (Wildman–Crippen MR) is 86.5 cm³/mol. The number of nitrogen functional groups attached to an aromatic ring is 1. The third-order valence-electron chi connectivity index (χ3n) is 3.88. The molecule has 1 aromatic heterocycles. The number of thiazole rings is 1. The third kappa shape index (κ3) is 2.87. The van der Waals surface area contributed by atoms with Gasteiger partial charge in [-0.25, -0.2) is 4.98 Å². The Morgan fingerprint density at radius 2 is 2.10 bits per heavy atom. The van der Waals surface area contributed by atoms with Crippen LogP contribution in [0.2, 0.25) is 0 Å². The van der Waals surface area contributed by atoms with Crippen molar-refractivity contribution >= 4 is 32.9 Å².